The topological polar surface area (TPSA) is 88.6 Å². The minimum absolute atomic E-state index is 0.0181. The number of amides is 2. The molecule has 10 heteroatoms. The number of benzene rings is 1. The zero-order valence-corrected chi connectivity index (χ0v) is 15.6. The summed E-state index contributed by atoms with van der Waals surface area (Å²) < 4.78 is 18.5. The third kappa shape index (κ3) is 5.01. The highest BCUT2D eigenvalue weighted by molar-refractivity contribution is 7.14. The highest BCUT2D eigenvalue weighted by atomic mass is 35.5. The largest absolute Gasteiger partial charge is 0.455 e. The van der Waals surface area contributed by atoms with Crippen LogP contribution in [0, 0.1) is 5.82 Å². The van der Waals surface area contributed by atoms with Crippen LogP contribution in [0.25, 0.3) is 0 Å². The molecule has 0 aliphatic carbocycles. The predicted molar refractivity (Wildman–Crippen MR) is 98.4 cm³/mol. The molecule has 1 aromatic heterocycles. The average molecular weight is 412 g/mol. The Labute approximate surface area is 163 Å². The molecule has 2 aromatic rings. The summed E-state index contributed by atoms with van der Waals surface area (Å²) >= 11 is 6.91. The highest BCUT2D eigenvalue weighted by Gasteiger charge is 2.24. The van der Waals surface area contributed by atoms with Crippen molar-refractivity contribution in [2.24, 2.45) is 0 Å². The zero-order chi connectivity index (χ0) is 19.4. The summed E-state index contributed by atoms with van der Waals surface area (Å²) in [5, 5.41) is 4.72. The number of esters is 1. The molecule has 0 spiro atoms. The highest BCUT2D eigenvalue weighted by Crippen LogP contribution is 2.25. The van der Waals surface area contributed by atoms with E-state index in [4.69, 9.17) is 16.3 Å². The van der Waals surface area contributed by atoms with Crippen LogP contribution in [0.15, 0.2) is 23.6 Å². The maximum Gasteiger partial charge on any atom is 0.312 e. The summed E-state index contributed by atoms with van der Waals surface area (Å²) in [5.41, 5.74) is 0.406. The normalized spacial score (nSPS) is 13.7. The Morgan fingerprint density at radius 3 is 2.93 bits per heavy atom. The van der Waals surface area contributed by atoms with Gasteiger partial charge in [0.05, 0.1) is 17.8 Å². The van der Waals surface area contributed by atoms with Crippen molar-refractivity contribution in [3.63, 3.8) is 0 Å². The summed E-state index contributed by atoms with van der Waals surface area (Å²) in [6, 6.07) is 3.80. The van der Waals surface area contributed by atoms with Crippen molar-refractivity contribution in [2.75, 3.05) is 23.4 Å². The maximum absolute atomic E-state index is 13.6. The lowest BCUT2D eigenvalue weighted by Crippen LogP contribution is -2.23. The van der Waals surface area contributed by atoms with Gasteiger partial charge in [0.15, 0.2) is 11.7 Å². The number of hydrogen-bond acceptors (Lipinski definition) is 6. The summed E-state index contributed by atoms with van der Waals surface area (Å²) in [7, 11) is 0. The van der Waals surface area contributed by atoms with Crippen LogP contribution in [0.4, 0.5) is 15.2 Å². The second kappa shape index (κ2) is 8.45. The number of ether oxygens (including phenoxy) is 1. The molecule has 142 valence electrons. The monoisotopic (exact) mass is 411 g/mol. The minimum atomic E-state index is -0.686. The van der Waals surface area contributed by atoms with Gasteiger partial charge in [-0.25, -0.2) is 9.37 Å². The van der Waals surface area contributed by atoms with Crippen LogP contribution in [-0.4, -0.2) is 35.9 Å². The number of nitrogens with one attached hydrogen (secondary N) is 1. The Morgan fingerprint density at radius 2 is 2.22 bits per heavy atom. The molecule has 0 radical (unpaired) electrons. The van der Waals surface area contributed by atoms with Gasteiger partial charge < -0.3 is 10.1 Å². The number of carbonyl (C=O) groups is 3. The first-order valence-electron chi connectivity index (χ1n) is 8.07. The number of nitrogens with zero attached hydrogens (tertiary/aromatic N) is 2. The Bertz CT molecular complexity index is 889. The molecule has 1 aromatic carbocycles. The fraction of sp³-hybridized carbons (Fsp3) is 0.294. The van der Waals surface area contributed by atoms with E-state index >= 15 is 0 Å². The van der Waals surface area contributed by atoms with Crippen molar-refractivity contribution in [3.8, 4) is 0 Å². The van der Waals surface area contributed by atoms with E-state index in [1.807, 2.05) is 0 Å². The van der Waals surface area contributed by atoms with Gasteiger partial charge in [0.2, 0.25) is 5.91 Å². The molecule has 1 saturated heterocycles. The van der Waals surface area contributed by atoms with E-state index in [0.29, 0.717) is 23.8 Å². The molecule has 0 saturated carbocycles. The van der Waals surface area contributed by atoms with Crippen LogP contribution >= 0.6 is 22.9 Å². The van der Waals surface area contributed by atoms with E-state index in [1.165, 1.54) is 23.5 Å². The quantitative estimate of drug-likeness (QED) is 0.738. The predicted octanol–water partition coefficient (Wildman–Crippen LogP) is 2.79. The van der Waals surface area contributed by atoms with E-state index in [9.17, 15) is 18.8 Å². The van der Waals surface area contributed by atoms with E-state index in [2.05, 4.69) is 10.3 Å². The molecular weight excluding hydrogens is 397 g/mol. The summed E-state index contributed by atoms with van der Waals surface area (Å²) in [5.74, 6) is -1.99. The molecule has 1 fully saturated rings. The van der Waals surface area contributed by atoms with Crippen molar-refractivity contribution >= 4 is 51.5 Å². The number of halogens is 2. The zero-order valence-electron chi connectivity index (χ0n) is 14.0. The van der Waals surface area contributed by atoms with Gasteiger partial charge in [0.25, 0.3) is 5.91 Å². The van der Waals surface area contributed by atoms with E-state index in [1.54, 1.807) is 10.3 Å². The number of carbonyl (C=O) groups excluding carboxylic acids is 3. The molecule has 0 atom stereocenters. The van der Waals surface area contributed by atoms with Crippen LogP contribution in [0.3, 0.4) is 0 Å². The molecule has 1 N–H and O–H groups in total. The Hall–Kier alpha value is -2.52. The molecule has 2 heterocycles. The van der Waals surface area contributed by atoms with Gasteiger partial charge in [-0.2, -0.15) is 0 Å². The van der Waals surface area contributed by atoms with Crippen molar-refractivity contribution in [3.05, 3.63) is 40.1 Å². The van der Waals surface area contributed by atoms with E-state index < -0.39 is 24.3 Å². The van der Waals surface area contributed by atoms with Gasteiger partial charge in [-0.3, -0.25) is 19.3 Å². The number of hydrogen-bond donors (Lipinski definition) is 1. The van der Waals surface area contributed by atoms with Gasteiger partial charge in [0, 0.05) is 23.4 Å². The average Bonchev–Trinajstić information content (AvgIpc) is 3.24. The first-order valence-corrected chi connectivity index (χ1v) is 9.33. The van der Waals surface area contributed by atoms with E-state index in [-0.39, 0.29) is 23.0 Å². The molecule has 3 rings (SSSR count). The lowest BCUT2D eigenvalue weighted by Gasteiger charge is -2.10. The third-order valence-corrected chi connectivity index (χ3v) is 4.89. The van der Waals surface area contributed by atoms with Gasteiger partial charge in [0.1, 0.15) is 5.82 Å². The van der Waals surface area contributed by atoms with Crippen molar-refractivity contribution in [1.29, 1.82) is 0 Å². The van der Waals surface area contributed by atoms with Crippen molar-refractivity contribution < 1.29 is 23.5 Å². The number of rotatable bonds is 6. The van der Waals surface area contributed by atoms with E-state index in [0.717, 1.165) is 12.5 Å². The lowest BCUT2D eigenvalue weighted by atomic mass is 10.3. The summed E-state index contributed by atoms with van der Waals surface area (Å²) in [6.45, 7) is 0.0696. The maximum atomic E-state index is 13.6. The molecule has 2 amide bonds. The third-order valence-electron chi connectivity index (χ3n) is 3.74. The number of thiazole rings is 1. The first-order chi connectivity index (χ1) is 12.9. The van der Waals surface area contributed by atoms with Crippen molar-refractivity contribution in [2.45, 2.75) is 19.3 Å². The van der Waals surface area contributed by atoms with Crippen LogP contribution in [0.1, 0.15) is 18.5 Å². The van der Waals surface area contributed by atoms with Crippen molar-refractivity contribution in [1.82, 2.24) is 4.98 Å². The lowest BCUT2D eigenvalue weighted by molar-refractivity contribution is -0.146. The molecule has 1 aliphatic rings. The number of anilines is 2. The van der Waals surface area contributed by atoms with Gasteiger partial charge in [-0.05, 0) is 24.6 Å². The van der Waals surface area contributed by atoms with Crippen LogP contribution in [0.5, 0.6) is 0 Å². The van der Waals surface area contributed by atoms with Gasteiger partial charge in [-0.1, -0.05) is 11.6 Å². The second-order valence-corrected chi connectivity index (χ2v) is 7.05. The first kappa shape index (κ1) is 19.2. The summed E-state index contributed by atoms with van der Waals surface area (Å²) in [4.78, 5) is 41.2. The molecule has 0 unspecified atom stereocenters. The molecular formula is C17H15ClFN3O4S. The molecule has 0 bridgehead atoms. The van der Waals surface area contributed by atoms with Crippen LogP contribution < -0.4 is 10.2 Å². The minimum Gasteiger partial charge on any atom is -0.455 e. The Kier molecular flexibility index (Phi) is 6.02. The standard InChI is InChI=1S/C17H15ClFN3O4S/c18-10-3-4-13(12(19)6-10)21-14(23)8-26-16(25)7-11-9-27-17(20-11)22-5-1-2-15(22)24/h3-4,6,9H,1-2,5,7-8H2,(H,21,23). The van der Waals surface area contributed by atoms with Crippen LogP contribution in [-0.2, 0) is 25.5 Å². The Morgan fingerprint density at radius 1 is 1.41 bits per heavy atom. The SMILES string of the molecule is O=C(COC(=O)Cc1csc(N2CCCC2=O)n1)Nc1ccc(Cl)cc1F. The van der Waals surface area contributed by atoms with Gasteiger partial charge in [-0.15, -0.1) is 11.3 Å². The molecule has 7 nitrogen and oxygen atoms in total. The molecule has 1 aliphatic heterocycles. The Balaban J connectivity index is 1.47. The second-order valence-electron chi connectivity index (χ2n) is 5.78. The van der Waals surface area contributed by atoms with Gasteiger partial charge >= 0.3 is 5.97 Å². The smallest absolute Gasteiger partial charge is 0.312 e. The fourth-order valence-electron chi connectivity index (χ4n) is 2.47. The molecule has 27 heavy (non-hydrogen) atoms. The summed E-state index contributed by atoms with van der Waals surface area (Å²) in [6.07, 6.45) is 1.17. The van der Waals surface area contributed by atoms with Crippen LogP contribution in [0.2, 0.25) is 5.02 Å². The number of aromatic nitrogens is 1. The fourth-order valence-corrected chi connectivity index (χ4v) is 3.50.